The fraction of sp³-hybridized carbons (Fsp3) is 0.333. The second kappa shape index (κ2) is 10.8. The molecule has 0 aliphatic rings. The average molecular weight is 387 g/mol. The Hall–Kier alpha value is -3.22. The van der Waals surface area contributed by atoms with E-state index in [1.165, 1.54) is 0 Å². The lowest BCUT2D eigenvalue weighted by atomic mass is 10.1. The van der Waals surface area contributed by atoms with Crippen LogP contribution in [0.25, 0.3) is 0 Å². The van der Waals surface area contributed by atoms with Gasteiger partial charge in [-0.2, -0.15) is 0 Å². The number of rotatable bonds is 10. The number of benzene rings is 2. The van der Waals surface area contributed by atoms with Crippen LogP contribution in [0.4, 0.5) is 0 Å². The van der Waals surface area contributed by atoms with Crippen molar-refractivity contribution in [3.63, 3.8) is 0 Å². The third kappa shape index (κ3) is 6.83. The number of carbonyl (C=O) groups excluding carboxylic acids is 2. The molecule has 0 unspecified atom stereocenters. The number of nitrogens with one attached hydrogen (secondary N) is 1. The number of esters is 1. The number of carbonyl (C=O) groups is 2. The minimum absolute atomic E-state index is 0.248. The van der Waals surface area contributed by atoms with Crippen molar-refractivity contribution in [2.24, 2.45) is 0 Å². The molecule has 7 nitrogen and oxygen atoms in total. The first-order chi connectivity index (χ1) is 13.5. The quantitative estimate of drug-likeness (QED) is 0.630. The Labute approximate surface area is 164 Å². The summed E-state index contributed by atoms with van der Waals surface area (Å²) >= 11 is 0. The molecule has 1 N–H and O–H groups in total. The molecule has 0 saturated heterocycles. The summed E-state index contributed by atoms with van der Waals surface area (Å²) in [5.74, 6) is 0.890. The van der Waals surface area contributed by atoms with Crippen molar-refractivity contribution >= 4 is 11.9 Å². The van der Waals surface area contributed by atoms with E-state index in [1.807, 2.05) is 43.3 Å². The number of methoxy groups -OCH3 is 2. The Kier molecular flexibility index (Phi) is 8.14. The number of amides is 1. The Bertz CT molecular complexity index is 805. The van der Waals surface area contributed by atoms with Gasteiger partial charge in [-0.05, 0) is 48.7 Å². The summed E-state index contributed by atoms with van der Waals surface area (Å²) in [6, 6.07) is 12.9. The van der Waals surface area contributed by atoms with Crippen LogP contribution < -0.4 is 19.5 Å². The number of aryl methyl sites for hydroxylation is 1. The van der Waals surface area contributed by atoms with Crippen molar-refractivity contribution in [1.29, 1.82) is 0 Å². The van der Waals surface area contributed by atoms with Crippen LogP contribution in [-0.2, 0) is 20.7 Å². The fourth-order valence-electron chi connectivity index (χ4n) is 2.47. The van der Waals surface area contributed by atoms with E-state index in [0.29, 0.717) is 30.2 Å². The lowest BCUT2D eigenvalue weighted by molar-refractivity contribution is -0.150. The van der Waals surface area contributed by atoms with Gasteiger partial charge in [-0.15, -0.1) is 0 Å². The number of hydrogen-bond acceptors (Lipinski definition) is 6. The van der Waals surface area contributed by atoms with Gasteiger partial charge in [-0.1, -0.05) is 18.2 Å². The fourth-order valence-corrected chi connectivity index (χ4v) is 2.47. The minimum atomic E-state index is -0.600. The molecule has 150 valence electrons. The SMILES string of the molecule is COc1ccc(CCNC(=O)COC(=O)COc2cccc(C)c2)cc1OC. The zero-order valence-electron chi connectivity index (χ0n) is 16.3. The van der Waals surface area contributed by atoms with Gasteiger partial charge in [0.1, 0.15) is 5.75 Å². The molecule has 1 amide bonds. The first-order valence-corrected chi connectivity index (χ1v) is 8.84. The highest BCUT2D eigenvalue weighted by Crippen LogP contribution is 2.27. The van der Waals surface area contributed by atoms with E-state index in [2.05, 4.69) is 5.32 Å². The molecule has 0 atom stereocenters. The van der Waals surface area contributed by atoms with Gasteiger partial charge in [0.05, 0.1) is 14.2 Å². The van der Waals surface area contributed by atoms with Crippen LogP contribution in [0.2, 0.25) is 0 Å². The van der Waals surface area contributed by atoms with Crippen LogP contribution in [0.5, 0.6) is 17.2 Å². The van der Waals surface area contributed by atoms with Crippen LogP contribution >= 0.6 is 0 Å². The molecule has 0 spiro atoms. The lowest BCUT2D eigenvalue weighted by Gasteiger charge is -2.10. The zero-order chi connectivity index (χ0) is 20.4. The molecule has 0 bridgehead atoms. The molecule has 0 aliphatic carbocycles. The van der Waals surface area contributed by atoms with Crippen molar-refractivity contribution in [2.75, 3.05) is 34.0 Å². The summed E-state index contributed by atoms with van der Waals surface area (Å²) in [4.78, 5) is 23.5. The predicted octanol–water partition coefficient (Wildman–Crippen LogP) is 2.29. The van der Waals surface area contributed by atoms with Crippen LogP contribution in [0.15, 0.2) is 42.5 Å². The molecule has 0 aromatic heterocycles. The van der Waals surface area contributed by atoms with Crippen molar-refractivity contribution in [3.05, 3.63) is 53.6 Å². The van der Waals surface area contributed by atoms with Crippen LogP contribution in [-0.4, -0.2) is 45.9 Å². The Morgan fingerprint density at radius 3 is 2.46 bits per heavy atom. The van der Waals surface area contributed by atoms with Gasteiger partial charge in [0.2, 0.25) is 0 Å². The average Bonchev–Trinajstić information content (AvgIpc) is 2.70. The number of hydrogen-bond donors (Lipinski definition) is 1. The van der Waals surface area contributed by atoms with Gasteiger partial charge in [-0.25, -0.2) is 4.79 Å². The van der Waals surface area contributed by atoms with Gasteiger partial charge >= 0.3 is 5.97 Å². The summed E-state index contributed by atoms with van der Waals surface area (Å²) in [5, 5.41) is 2.70. The zero-order valence-corrected chi connectivity index (χ0v) is 16.3. The molecule has 0 radical (unpaired) electrons. The highest BCUT2D eigenvalue weighted by atomic mass is 16.6. The second-order valence-electron chi connectivity index (χ2n) is 6.06. The Morgan fingerprint density at radius 2 is 1.75 bits per heavy atom. The molecule has 0 aliphatic heterocycles. The molecular formula is C21H25NO6. The standard InChI is InChI=1S/C21H25NO6/c1-15-5-4-6-17(11-15)27-14-21(24)28-13-20(23)22-10-9-16-7-8-18(25-2)19(12-16)26-3/h4-8,11-12H,9-10,13-14H2,1-3H3,(H,22,23). The molecule has 0 heterocycles. The third-order valence-electron chi connectivity index (χ3n) is 3.89. The largest absolute Gasteiger partial charge is 0.493 e. The molecule has 2 rings (SSSR count). The highest BCUT2D eigenvalue weighted by molar-refractivity contribution is 5.80. The van der Waals surface area contributed by atoms with E-state index in [9.17, 15) is 9.59 Å². The molecule has 0 fully saturated rings. The van der Waals surface area contributed by atoms with E-state index in [1.54, 1.807) is 20.3 Å². The molecule has 28 heavy (non-hydrogen) atoms. The predicted molar refractivity (Wildman–Crippen MR) is 104 cm³/mol. The Balaban J connectivity index is 1.66. The van der Waals surface area contributed by atoms with Crippen molar-refractivity contribution in [2.45, 2.75) is 13.3 Å². The van der Waals surface area contributed by atoms with Crippen LogP contribution in [0.3, 0.4) is 0 Å². The summed E-state index contributed by atoms with van der Waals surface area (Å²) < 4.78 is 20.7. The van der Waals surface area contributed by atoms with E-state index in [-0.39, 0.29) is 19.1 Å². The Morgan fingerprint density at radius 1 is 0.964 bits per heavy atom. The minimum Gasteiger partial charge on any atom is -0.493 e. The number of ether oxygens (including phenoxy) is 4. The molecule has 0 saturated carbocycles. The molecular weight excluding hydrogens is 362 g/mol. The maximum Gasteiger partial charge on any atom is 0.344 e. The summed E-state index contributed by atoms with van der Waals surface area (Å²) in [7, 11) is 3.14. The normalized spacial score (nSPS) is 10.1. The third-order valence-corrected chi connectivity index (χ3v) is 3.89. The summed E-state index contributed by atoms with van der Waals surface area (Å²) in [6.07, 6.45) is 0.608. The van der Waals surface area contributed by atoms with Crippen LogP contribution in [0, 0.1) is 6.92 Å². The summed E-state index contributed by atoms with van der Waals surface area (Å²) in [6.45, 7) is 1.74. The van der Waals surface area contributed by atoms with Gasteiger partial charge in [0.25, 0.3) is 5.91 Å². The maximum absolute atomic E-state index is 11.8. The van der Waals surface area contributed by atoms with E-state index in [4.69, 9.17) is 18.9 Å². The van der Waals surface area contributed by atoms with E-state index >= 15 is 0 Å². The topological polar surface area (TPSA) is 83.1 Å². The van der Waals surface area contributed by atoms with Gasteiger partial charge < -0.3 is 24.3 Å². The molecule has 7 heteroatoms. The van der Waals surface area contributed by atoms with E-state index < -0.39 is 5.97 Å². The van der Waals surface area contributed by atoms with Crippen molar-refractivity contribution in [1.82, 2.24) is 5.32 Å². The maximum atomic E-state index is 11.8. The monoisotopic (exact) mass is 387 g/mol. The molecule has 2 aromatic carbocycles. The van der Waals surface area contributed by atoms with Crippen molar-refractivity contribution in [3.8, 4) is 17.2 Å². The van der Waals surface area contributed by atoms with Crippen LogP contribution in [0.1, 0.15) is 11.1 Å². The first-order valence-electron chi connectivity index (χ1n) is 8.84. The first kappa shape index (κ1) is 21.1. The van der Waals surface area contributed by atoms with Gasteiger partial charge in [0, 0.05) is 6.54 Å². The van der Waals surface area contributed by atoms with Crippen molar-refractivity contribution < 1.29 is 28.5 Å². The van der Waals surface area contributed by atoms with Gasteiger partial charge in [0.15, 0.2) is 24.7 Å². The van der Waals surface area contributed by atoms with E-state index in [0.717, 1.165) is 11.1 Å². The molecule has 2 aromatic rings. The smallest absolute Gasteiger partial charge is 0.344 e. The lowest BCUT2D eigenvalue weighted by Crippen LogP contribution is -2.31. The highest BCUT2D eigenvalue weighted by Gasteiger charge is 2.09. The van der Waals surface area contributed by atoms with Gasteiger partial charge in [-0.3, -0.25) is 4.79 Å². The second-order valence-corrected chi connectivity index (χ2v) is 6.06. The summed E-state index contributed by atoms with van der Waals surface area (Å²) in [5.41, 5.74) is 2.02.